The van der Waals surface area contributed by atoms with Gasteiger partial charge >= 0.3 is 0 Å². The highest BCUT2D eigenvalue weighted by atomic mass is 35.5. The van der Waals surface area contributed by atoms with Crippen molar-refractivity contribution in [3.63, 3.8) is 0 Å². The SMILES string of the molecule is Cc1cc(C)cc(-c2[nH]c3c(C)cc(Cl)cc3c2CCCCN)c1. The molecule has 0 aliphatic heterocycles. The van der Waals surface area contributed by atoms with Crippen LogP contribution in [0.4, 0.5) is 0 Å². The average molecular weight is 341 g/mol. The average Bonchev–Trinajstić information content (AvgIpc) is 2.86. The molecule has 0 atom stereocenters. The number of aryl methyl sites for hydroxylation is 4. The van der Waals surface area contributed by atoms with Crippen molar-refractivity contribution in [2.45, 2.75) is 40.0 Å². The number of hydrogen-bond acceptors (Lipinski definition) is 1. The predicted octanol–water partition coefficient (Wildman–Crippen LogP) is 5.69. The maximum absolute atomic E-state index is 6.33. The molecule has 0 amide bonds. The fraction of sp³-hybridized carbons (Fsp3) is 0.333. The number of hydrogen-bond donors (Lipinski definition) is 2. The van der Waals surface area contributed by atoms with Crippen molar-refractivity contribution in [2.24, 2.45) is 5.73 Å². The highest BCUT2D eigenvalue weighted by Gasteiger charge is 2.15. The number of aromatic nitrogens is 1. The van der Waals surface area contributed by atoms with E-state index in [4.69, 9.17) is 17.3 Å². The Bertz CT molecular complexity index is 857. The molecule has 0 aliphatic carbocycles. The minimum Gasteiger partial charge on any atom is -0.354 e. The van der Waals surface area contributed by atoms with Crippen molar-refractivity contribution in [1.82, 2.24) is 4.98 Å². The number of rotatable bonds is 5. The van der Waals surface area contributed by atoms with Crippen LogP contribution in [0.5, 0.6) is 0 Å². The van der Waals surface area contributed by atoms with Gasteiger partial charge in [0.15, 0.2) is 0 Å². The molecule has 1 aromatic heterocycles. The quantitative estimate of drug-likeness (QED) is 0.575. The molecule has 2 aromatic carbocycles. The number of halogens is 1. The van der Waals surface area contributed by atoms with Crippen LogP contribution in [0, 0.1) is 20.8 Å². The lowest BCUT2D eigenvalue weighted by atomic mass is 9.97. The summed E-state index contributed by atoms with van der Waals surface area (Å²) in [4.78, 5) is 3.67. The summed E-state index contributed by atoms with van der Waals surface area (Å²) in [5.41, 5.74) is 14.5. The number of aromatic amines is 1. The maximum atomic E-state index is 6.33. The second-order valence-corrected chi connectivity index (χ2v) is 7.18. The van der Waals surface area contributed by atoms with Gasteiger partial charge in [0.2, 0.25) is 0 Å². The number of nitrogens with two attached hydrogens (primary N) is 1. The molecule has 0 unspecified atom stereocenters. The number of benzene rings is 2. The van der Waals surface area contributed by atoms with Crippen molar-refractivity contribution in [3.8, 4) is 11.3 Å². The lowest BCUT2D eigenvalue weighted by Gasteiger charge is -2.08. The molecule has 0 radical (unpaired) electrons. The van der Waals surface area contributed by atoms with Crippen LogP contribution in [0.1, 0.15) is 35.1 Å². The first-order valence-electron chi connectivity index (χ1n) is 8.59. The highest BCUT2D eigenvalue weighted by Crippen LogP contribution is 2.35. The Morgan fingerprint density at radius 2 is 1.67 bits per heavy atom. The Morgan fingerprint density at radius 3 is 2.33 bits per heavy atom. The topological polar surface area (TPSA) is 41.8 Å². The standard InChI is InChI=1S/C21H25ClN2/c1-13-8-14(2)10-16(9-13)21-18(6-4-5-7-23)19-12-17(22)11-15(3)20(19)24-21/h8-12,24H,4-7,23H2,1-3H3. The molecule has 0 saturated carbocycles. The van der Waals surface area contributed by atoms with Gasteiger partial charge in [0.25, 0.3) is 0 Å². The van der Waals surface area contributed by atoms with Crippen LogP contribution in [0.15, 0.2) is 30.3 Å². The van der Waals surface area contributed by atoms with E-state index in [9.17, 15) is 0 Å². The Hall–Kier alpha value is -1.77. The Labute approximate surface area is 149 Å². The second kappa shape index (κ2) is 7.00. The third-order valence-corrected chi connectivity index (χ3v) is 4.79. The first-order valence-corrected chi connectivity index (χ1v) is 8.97. The minimum atomic E-state index is 0.737. The Balaban J connectivity index is 2.21. The molecule has 0 fully saturated rings. The zero-order valence-electron chi connectivity index (χ0n) is 14.7. The summed E-state index contributed by atoms with van der Waals surface area (Å²) in [5.74, 6) is 0. The molecule has 0 spiro atoms. The van der Waals surface area contributed by atoms with Crippen LogP contribution in [-0.2, 0) is 6.42 Å². The molecule has 126 valence electrons. The normalized spacial score (nSPS) is 11.4. The Morgan fingerprint density at radius 1 is 0.958 bits per heavy atom. The third kappa shape index (κ3) is 3.35. The molecule has 3 heteroatoms. The molecule has 3 aromatic rings. The van der Waals surface area contributed by atoms with Gasteiger partial charge in [-0.25, -0.2) is 0 Å². The summed E-state index contributed by atoms with van der Waals surface area (Å²) in [7, 11) is 0. The molecule has 3 rings (SSSR count). The van der Waals surface area contributed by atoms with Gasteiger partial charge in [-0.3, -0.25) is 0 Å². The molecule has 1 heterocycles. The van der Waals surface area contributed by atoms with E-state index in [0.29, 0.717) is 0 Å². The van der Waals surface area contributed by atoms with Crippen molar-refractivity contribution in [3.05, 3.63) is 57.6 Å². The van der Waals surface area contributed by atoms with Crippen LogP contribution in [0.25, 0.3) is 22.2 Å². The van der Waals surface area contributed by atoms with E-state index in [1.165, 1.54) is 44.4 Å². The molecule has 0 saturated heterocycles. The van der Waals surface area contributed by atoms with Gasteiger partial charge in [-0.05, 0) is 87.5 Å². The molecular weight excluding hydrogens is 316 g/mol. The summed E-state index contributed by atoms with van der Waals surface area (Å²) in [5, 5.41) is 2.04. The van der Waals surface area contributed by atoms with Crippen LogP contribution in [0.2, 0.25) is 5.02 Å². The van der Waals surface area contributed by atoms with Gasteiger partial charge in [-0.15, -0.1) is 0 Å². The molecule has 3 N–H and O–H groups in total. The number of fused-ring (bicyclic) bond motifs is 1. The molecule has 0 bridgehead atoms. The Kier molecular flexibility index (Phi) is 4.98. The monoisotopic (exact) mass is 340 g/mol. The minimum absolute atomic E-state index is 0.737. The molecular formula is C21H25ClN2. The van der Waals surface area contributed by atoms with E-state index in [-0.39, 0.29) is 0 Å². The van der Waals surface area contributed by atoms with Crippen LogP contribution >= 0.6 is 11.6 Å². The van der Waals surface area contributed by atoms with Crippen molar-refractivity contribution < 1.29 is 0 Å². The second-order valence-electron chi connectivity index (χ2n) is 6.75. The zero-order chi connectivity index (χ0) is 17.3. The van der Waals surface area contributed by atoms with E-state index in [2.05, 4.69) is 50.0 Å². The molecule has 24 heavy (non-hydrogen) atoms. The number of nitrogens with one attached hydrogen (secondary N) is 1. The van der Waals surface area contributed by atoms with Crippen molar-refractivity contribution >= 4 is 22.5 Å². The zero-order valence-corrected chi connectivity index (χ0v) is 15.4. The summed E-state index contributed by atoms with van der Waals surface area (Å²) < 4.78 is 0. The van der Waals surface area contributed by atoms with E-state index in [0.717, 1.165) is 30.8 Å². The van der Waals surface area contributed by atoms with Crippen LogP contribution < -0.4 is 5.73 Å². The third-order valence-electron chi connectivity index (χ3n) is 4.57. The summed E-state index contributed by atoms with van der Waals surface area (Å²) in [6.07, 6.45) is 3.14. The highest BCUT2D eigenvalue weighted by molar-refractivity contribution is 6.31. The van der Waals surface area contributed by atoms with Crippen LogP contribution in [0.3, 0.4) is 0 Å². The largest absolute Gasteiger partial charge is 0.354 e. The smallest absolute Gasteiger partial charge is 0.0497 e. The van der Waals surface area contributed by atoms with Gasteiger partial charge in [0, 0.05) is 21.6 Å². The predicted molar refractivity (Wildman–Crippen MR) is 105 cm³/mol. The van der Waals surface area contributed by atoms with Crippen molar-refractivity contribution in [1.29, 1.82) is 0 Å². The lowest BCUT2D eigenvalue weighted by Crippen LogP contribution is -1.99. The van der Waals surface area contributed by atoms with Gasteiger partial charge in [0.05, 0.1) is 0 Å². The fourth-order valence-electron chi connectivity index (χ4n) is 3.55. The fourth-order valence-corrected chi connectivity index (χ4v) is 3.83. The summed E-state index contributed by atoms with van der Waals surface area (Å²) >= 11 is 6.33. The van der Waals surface area contributed by atoms with Crippen molar-refractivity contribution in [2.75, 3.05) is 6.54 Å². The van der Waals surface area contributed by atoms with E-state index < -0.39 is 0 Å². The molecule has 2 nitrogen and oxygen atoms in total. The number of unbranched alkanes of at least 4 members (excludes halogenated alkanes) is 1. The van der Waals surface area contributed by atoms with Gasteiger partial charge in [-0.2, -0.15) is 0 Å². The van der Waals surface area contributed by atoms with E-state index >= 15 is 0 Å². The summed E-state index contributed by atoms with van der Waals surface area (Å²) in [6, 6.07) is 10.8. The lowest BCUT2D eigenvalue weighted by molar-refractivity contribution is 0.748. The van der Waals surface area contributed by atoms with E-state index in [1.807, 2.05) is 6.07 Å². The molecule has 0 aliphatic rings. The summed E-state index contributed by atoms with van der Waals surface area (Å²) in [6.45, 7) is 7.14. The van der Waals surface area contributed by atoms with Gasteiger partial charge in [0.1, 0.15) is 0 Å². The first-order chi connectivity index (χ1) is 11.5. The first kappa shape index (κ1) is 17.1. The van der Waals surface area contributed by atoms with E-state index in [1.54, 1.807) is 0 Å². The van der Waals surface area contributed by atoms with Crippen LogP contribution in [-0.4, -0.2) is 11.5 Å². The number of H-pyrrole nitrogens is 1. The maximum Gasteiger partial charge on any atom is 0.0497 e. The van der Waals surface area contributed by atoms with Gasteiger partial charge < -0.3 is 10.7 Å². The van der Waals surface area contributed by atoms with Gasteiger partial charge in [-0.1, -0.05) is 28.8 Å².